The Morgan fingerprint density at radius 3 is 1.61 bits per heavy atom. The highest BCUT2D eigenvalue weighted by Crippen LogP contribution is 2.40. The molecule has 2 fully saturated rings. The van der Waals surface area contributed by atoms with E-state index in [0.29, 0.717) is 101 Å². The zero-order chi connectivity index (χ0) is 68.4. The van der Waals surface area contributed by atoms with Crippen molar-refractivity contribution in [1.29, 1.82) is 0 Å². The number of carbonyl (C=O) groups is 3. The molecular weight excluding hydrogens is 1290 g/mol. The van der Waals surface area contributed by atoms with Gasteiger partial charge in [-0.2, -0.15) is 0 Å². The third-order valence-electron chi connectivity index (χ3n) is 16.8. The molecule has 0 bridgehead atoms. The number of aldehydes is 1. The summed E-state index contributed by atoms with van der Waals surface area (Å²) in [5, 5.41) is 9.16. The maximum Gasteiger partial charge on any atom is 0.252 e. The minimum Gasteiger partial charge on any atom is -0.497 e. The number of rotatable bonds is 22. The summed E-state index contributed by atoms with van der Waals surface area (Å²) < 4.78 is 99.5. The van der Waals surface area contributed by atoms with Crippen LogP contribution in [-0.2, 0) is 33.9 Å². The average molecular weight is 1380 g/mol. The van der Waals surface area contributed by atoms with Gasteiger partial charge in [0.1, 0.15) is 64.1 Å². The average Bonchev–Trinajstić information content (AvgIpc) is 1.49. The second-order valence-corrected chi connectivity index (χ2v) is 23.7. The first-order valence-corrected chi connectivity index (χ1v) is 32.4. The van der Waals surface area contributed by atoms with Crippen molar-refractivity contribution in [3.05, 3.63) is 219 Å². The number of piperidine rings is 2. The number of fused-ring (bicyclic) bond motifs is 2. The number of carbonyl (C=O) groups excluding carboxylic acids is 3. The van der Waals surface area contributed by atoms with Crippen molar-refractivity contribution in [2.45, 2.75) is 90.4 Å². The Hall–Kier alpha value is -8.47. The molecule has 0 unspecified atom stereocenters. The zero-order valence-corrected chi connectivity index (χ0v) is 56.6. The van der Waals surface area contributed by atoms with Gasteiger partial charge in [0.15, 0.2) is 6.29 Å². The van der Waals surface area contributed by atoms with Gasteiger partial charge in [0.05, 0.1) is 41.7 Å². The number of halogens is 5. The van der Waals surface area contributed by atoms with Crippen LogP contribution in [0.5, 0.6) is 34.5 Å². The minimum atomic E-state index is -0.384. The highest BCUT2D eigenvalue weighted by Gasteiger charge is 2.38. The van der Waals surface area contributed by atoms with Crippen LogP contribution in [0.3, 0.4) is 0 Å². The van der Waals surface area contributed by atoms with Crippen LogP contribution in [0.25, 0.3) is 6.08 Å². The molecule has 21 heteroatoms. The zero-order valence-electron chi connectivity index (χ0n) is 55.0. The molecule has 95 heavy (non-hydrogen) atoms. The van der Waals surface area contributed by atoms with Crippen molar-refractivity contribution >= 4 is 40.1 Å². The van der Waals surface area contributed by atoms with Crippen molar-refractivity contribution in [1.82, 2.24) is 25.4 Å². The van der Waals surface area contributed by atoms with E-state index in [1.54, 1.807) is 50.6 Å². The molecule has 2 amide bonds. The van der Waals surface area contributed by atoms with E-state index in [-0.39, 0.29) is 77.1 Å². The monoisotopic (exact) mass is 1380 g/mol. The van der Waals surface area contributed by atoms with E-state index in [1.807, 2.05) is 68.4 Å². The van der Waals surface area contributed by atoms with Gasteiger partial charge in [0.2, 0.25) is 0 Å². The number of aromatic nitrogens is 1. The largest absolute Gasteiger partial charge is 0.497 e. The molecule has 0 radical (unpaired) electrons. The summed E-state index contributed by atoms with van der Waals surface area (Å²) in [4.78, 5) is 36.5. The fourth-order valence-corrected chi connectivity index (χ4v) is 12.3. The second-order valence-electron chi connectivity index (χ2n) is 22.8. The number of amides is 2. The first-order valence-electron chi connectivity index (χ1n) is 31.6. The number of hydrogen-bond donors (Lipinski definition) is 3. The lowest BCUT2D eigenvalue weighted by atomic mass is 9.76. The number of benzene rings is 6. The third kappa shape index (κ3) is 22.0. The molecule has 4 aliphatic heterocycles. The highest BCUT2D eigenvalue weighted by atomic mass is 79.9. The highest BCUT2D eigenvalue weighted by molar-refractivity contribution is 9.10. The van der Waals surface area contributed by atoms with Crippen LogP contribution in [0.15, 0.2) is 157 Å². The molecule has 0 spiro atoms. The fraction of sp³-hybridized carbons (Fsp3) is 0.365. The van der Waals surface area contributed by atoms with Crippen molar-refractivity contribution in [3.63, 3.8) is 0 Å². The number of nitrogens with one attached hydrogen (secondary N) is 3. The van der Waals surface area contributed by atoms with Crippen molar-refractivity contribution in [2.24, 2.45) is 11.8 Å². The molecule has 6 atom stereocenters. The van der Waals surface area contributed by atoms with Gasteiger partial charge in [-0.05, 0) is 190 Å². The van der Waals surface area contributed by atoms with E-state index in [0.717, 1.165) is 61.3 Å². The Labute approximate surface area is 563 Å². The number of allylic oxidation sites excluding steroid dienone is 1. The summed E-state index contributed by atoms with van der Waals surface area (Å²) in [6, 6.07) is 34.4. The van der Waals surface area contributed by atoms with E-state index in [4.69, 9.17) is 37.9 Å². The summed E-state index contributed by atoms with van der Waals surface area (Å²) in [6.07, 6.45) is 10.8. The van der Waals surface area contributed by atoms with Gasteiger partial charge in [-0.1, -0.05) is 40.7 Å². The normalized spacial score (nSPS) is 18.5. The number of ether oxygens (including phenoxy) is 8. The smallest absolute Gasteiger partial charge is 0.252 e. The van der Waals surface area contributed by atoms with E-state index >= 15 is 0 Å². The van der Waals surface area contributed by atoms with E-state index in [2.05, 4.69) is 74.2 Å². The molecule has 3 N–H and O–H groups in total. The lowest BCUT2D eigenvalue weighted by molar-refractivity contribution is -0.104. The number of likely N-dealkylation sites (tertiary alicyclic amines) is 1. The first-order chi connectivity index (χ1) is 45.9. The summed E-state index contributed by atoms with van der Waals surface area (Å²) in [7, 11) is 6.08. The predicted octanol–water partition coefficient (Wildman–Crippen LogP) is 13.9. The Balaban J connectivity index is 0.000000187. The Kier molecular flexibility index (Phi) is 29.2. The van der Waals surface area contributed by atoms with Crippen LogP contribution in [0.4, 0.5) is 17.6 Å². The Morgan fingerprint density at radius 2 is 1.11 bits per heavy atom. The lowest BCUT2D eigenvalue weighted by Gasteiger charge is -2.44. The molecule has 0 aliphatic carbocycles. The quantitative estimate of drug-likeness (QED) is 0.0193. The SMILES string of the molecule is C=CC(OCC)OCC.COc1cc(F)cc(/C=C/C=O)c1.COc1cc(F)cc(Br)c1.COc1cc(F)cc([C@@H]2CCN(CCn3cccc3)[C@H](C)[C@H]2COc2ccc3c(c2)C(=O)NC3)c1.COc1cc(F)cc([C@@H]2CCN[C@H](C)[C@H]2COc2ccc3c(c2)C(=O)NC3)c1. The van der Waals surface area contributed by atoms with Gasteiger partial charge in [-0.3, -0.25) is 19.3 Å². The Bertz CT molecular complexity index is 3630. The summed E-state index contributed by atoms with van der Waals surface area (Å²) in [5.74, 6) is 2.63. The Morgan fingerprint density at radius 1 is 0.611 bits per heavy atom. The van der Waals surface area contributed by atoms with Gasteiger partial charge < -0.3 is 58.4 Å². The number of methoxy groups -OCH3 is 4. The maximum atomic E-state index is 14.4. The van der Waals surface area contributed by atoms with Gasteiger partial charge in [-0.25, -0.2) is 17.6 Å². The van der Waals surface area contributed by atoms with E-state index in [1.165, 1.54) is 62.8 Å². The molecule has 0 saturated carbocycles. The predicted molar refractivity (Wildman–Crippen MR) is 363 cm³/mol. The van der Waals surface area contributed by atoms with Crippen LogP contribution in [0.1, 0.15) is 101 Å². The van der Waals surface area contributed by atoms with E-state index in [9.17, 15) is 31.9 Å². The molecule has 16 nitrogen and oxygen atoms in total. The minimum absolute atomic E-state index is 0.0575. The maximum absolute atomic E-state index is 14.4. The van der Waals surface area contributed by atoms with Crippen LogP contribution in [0.2, 0.25) is 0 Å². The third-order valence-corrected chi connectivity index (χ3v) is 17.2. The van der Waals surface area contributed by atoms with Crippen molar-refractivity contribution in [3.8, 4) is 34.5 Å². The van der Waals surface area contributed by atoms with Gasteiger partial charge >= 0.3 is 0 Å². The van der Waals surface area contributed by atoms with Gasteiger partial charge in [-0.15, -0.1) is 0 Å². The summed E-state index contributed by atoms with van der Waals surface area (Å²) in [6.45, 7) is 18.9. The standard InChI is InChI=1S/C28H32FN3O3.C22H25FN2O3.C10H9FO2.C7H6BrFO.C7H14O2/c1-19-27(18-35-23-6-5-20-17-30-28(33)26(20)16-23)25(21-13-22(29)15-24(14-21)34-2)7-10-32(19)12-11-31-8-3-4-9-31;1-13-21(12-28-17-4-3-14-11-25-22(26)20(14)10-17)19(5-6-24-13)15-7-16(23)9-18(8-15)27-2;1-13-10-6-8(3-2-4-12)5-9(11)7-10;1-10-7-3-5(8)2-6(9)4-7;1-4-7(8-5-2)9-6-3/h3-6,8-9,13-16,19,25,27H,7,10-12,17-18H2,1-2H3,(H,30,33);3-4,7-10,13,19,21,24H,5-6,11-12H2,1-2H3,(H,25,26);2-7H,1H3;2-4H,1H3;4,7H,1,5-6H2,2-3H3/b;;3-2+;;/t19-,25+,27-;13-,19+,21-;;;/m11.../s1. The molecule has 1 aromatic heterocycles. The van der Waals surface area contributed by atoms with Crippen LogP contribution in [0, 0.1) is 35.1 Å². The number of nitrogens with zero attached hydrogens (tertiary/aromatic N) is 2. The molecule has 11 rings (SSSR count). The van der Waals surface area contributed by atoms with Crippen LogP contribution < -0.4 is 44.4 Å². The van der Waals surface area contributed by atoms with Gasteiger partial charge in [0, 0.05) is 116 Å². The van der Waals surface area contributed by atoms with Crippen molar-refractivity contribution < 1.29 is 69.8 Å². The molecule has 4 aliphatic rings. The van der Waals surface area contributed by atoms with Crippen LogP contribution in [-0.4, -0.2) is 120 Å². The second kappa shape index (κ2) is 37.6. The molecule has 508 valence electrons. The fourth-order valence-electron chi connectivity index (χ4n) is 11.8. The van der Waals surface area contributed by atoms with E-state index < -0.39 is 0 Å². The molecule has 6 aromatic carbocycles. The molecular formula is C74H86BrF4N5O11. The molecule has 5 heterocycles. The summed E-state index contributed by atoms with van der Waals surface area (Å²) >= 11 is 3.13. The number of hydrogen-bond acceptors (Lipinski definition) is 13. The molecule has 7 aromatic rings. The lowest BCUT2D eigenvalue weighted by Crippen LogP contribution is -2.49. The topological polar surface area (TPSA) is 169 Å². The van der Waals surface area contributed by atoms with Gasteiger partial charge in [0.25, 0.3) is 11.8 Å². The van der Waals surface area contributed by atoms with Crippen molar-refractivity contribution in [2.75, 3.05) is 74.5 Å². The summed E-state index contributed by atoms with van der Waals surface area (Å²) in [5.41, 5.74) is 5.83. The van der Waals surface area contributed by atoms with Crippen LogP contribution >= 0.6 is 15.9 Å². The molecule has 2 saturated heterocycles. The first kappa shape index (κ1) is 73.9.